The van der Waals surface area contributed by atoms with Crippen LogP contribution in [-0.4, -0.2) is 52.6 Å². The van der Waals surface area contributed by atoms with Crippen molar-refractivity contribution in [3.63, 3.8) is 0 Å². The number of Topliss-reactive ketones (excluding diaryl/α,β-unsaturated/α-hetero) is 1. The Labute approximate surface area is 172 Å². The van der Waals surface area contributed by atoms with Crippen molar-refractivity contribution >= 4 is 35.1 Å². The summed E-state index contributed by atoms with van der Waals surface area (Å²) in [6.45, 7) is 2.86. The van der Waals surface area contributed by atoms with Crippen molar-refractivity contribution in [2.45, 2.75) is 5.16 Å². The summed E-state index contributed by atoms with van der Waals surface area (Å²) in [5, 5.41) is 10.1. The molecule has 0 spiro atoms. The Morgan fingerprint density at radius 3 is 2.46 bits per heavy atom. The third kappa shape index (κ3) is 4.22. The lowest BCUT2D eigenvalue weighted by molar-refractivity contribution is 0.102. The first kappa shape index (κ1) is 19.0. The smallest absolute Gasteiger partial charge is 0.232 e. The Morgan fingerprint density at radius 2 is 1.75 bits per heavy atom. The summed E-state index contributed by atoms with van der Waals surface area (Å²) in [5.74, 6) is 1.07. The van der Waals surface area contributed by atoms with Crippen LogP contribution in [0.25, 0.3) is 5.69 Å². The quantitative estimate of drug-likeness (QED) is 0.452. The van der Waals surface area contributed by atoms with Crippen molar-refractivity contribution in [3.05, 3.63) is 65.2 Å². The number of hydrogen-bond donors (Lipinski definition) is 0. The lowest BCUT2D eigenvalue weighted by atomic mass is 10.1. The number of nitrogens with zero attached hydrogens (tertiary/aromatic N) is 4. The van der Waals surface area contributed by atoms with Gasteiger partial charge in [-0.15, -0.1) is 10.2 Å². The van der Waals surface area contributed by atoms with E-state index in [4.69, 9.17) is 16.3 Å². The molecule has 0 radical (unpaired) electrons. The molecule has 1 saturated heterocycles. The molecule has 2 heterocycles. The van der Waals surface area contributed by atoms with Crippen LogP contribution in [0, 0.1) is 0 Å². The number of para-hydroxylation sites is 1. The number of halogens is 1. The van der Waals surface area contributed by atoms with E-state index >= 15 is 0 Å². The highest BCUT2D eigenvalue weighted by atomic mass is 35.5. The van der Waals surface area contributed by atoms with Gasteiger partial charge in [-0.1, -0.05) is 41.6 Å². The summed E-state index contributed by atoms with van der Waals surface area (Å²) in [6.07, 6.45) is 0. The standard InChI is InChI=1S/C20H19ClN4O2S/c21-16-8-6-15(7-9-16)18(26)14-28-20-23-22-19(24-10-12-27-13-11-24)25(20)17-4-2-1-3-5-17/h1-9H,10-14H2. The maximum atomic E-state index is 12.5. The van der Waals surface area contributed by atoms with Gasteiger partial charge in [0.25, 0.3) is 0 Å². The van der Waals surface area contributed by atoms with Crippen LogP contribution in [0.3, 0.4) is 0 Å². The minimum Gasteiger partial charge on any atom is -0.378 e. The Bertz CT molecular complexity index is 941. The minimum absolute atomic E-state index is 0.0252. The highest BCUT2D eigenvalue weighted by Crippen LogP contribution is 2.27. The molecule has 0 N–H and O–H groups in total. The van der Waals surface area contributed by atoms with E-state index in [0.717, 1.165) is 24.7 Å². The van der Waals surface area contributed by atoms with E-state index in [1.165, 1.54) is 11.8 Å². The molecule has 6 nitrogen and oxygen atoms in total. The first-order chi connectivity index (χ1) is 13.7. The maximum Gasteiger partial charge on any atom is 0.232 e. The highest BCUT2D eigenvalue weighted by Gasteiger charge is 2.22. The molecule has 2 aromatic carbocycles. The van der Waals surface area contributed by atoms with Gasteiger partial charge < -0.3 is 9.64 Å². The van der Waals surface area contributed by atoms with E-state index in [9.17, 15) is 4.79 Å². The number of hydrogen-bond acceptors (Lipinski definition) is 6. The number of morpholine rings is 1. The van der Waals surface area contributed by atoms with E-state index in [1.807, 2.05) is 34.9 Å². The Hall–Kier alpha value is -2.35. The van der Waals surface area contributed by atoms with Crippen molar-refractivity contribution in [1.29, 1.82) is 0 Å². The number of anilines is 1. The van der Waals surface area contributed by atoms with Gasteiger partial charge in [-0.3, -0.25) is 9.36 Å². The molecule has 1 aliphatic heterocycles. The third-order valence-corrected chi connectivity index (χ3v) is 5.60. The molecule has 0 unspecified atom stereocenters. The van der Waals surface area contributed by atoms with Crippen molar-refractivity contribution in [3.8, 4) is 5.69 Å². The first-order valence-electron chi connectivity index (χ1n) is 8.97. The van der Waals surface area contributed by atoms with Gasteiger partial charge in [0.1, 0.15) is 0 Å². The molecule has 1 fully saturated rings. The van der Waals surface area contributed by atoms with Gasteiger partial charge in [-0.25, -0.2) is 0 Å². The topological polar surface area (TPSA) is 60.3 Å². The number of rotatable bonds is 6. The van der Waals surface area contributed by atoms with Crippen LogP contribution in [0.4, 0.5) is 5.95 Å². The Balaban J connectivity index is 1.58. The molecule has 4 rings (SSSR count). The fraction of sp³-hybridized carbons (Fsp3) is 0.250. The first-order valence-corrected chi connectivity index (χ1v) is 10.3. The zero-order chi connectivity index (χ0) is 19.3. The fourth-order valence-corrected chi connectivity index (χ4v) is 3.94. The van der Waals surface area contributed by atoms with Crippen LogP contribution in [-0.2, 0) is 4.74 Å². The lowest BCUT2D eigenvalue weighted by Crippen LogP contribution is -2.37. The van der Waals surface area contributed by atoms with Gasteiger partial charge in [0, 0.05) is 23.7 Å². The van der Waals surface area contributed by atoms with Crippen LogP contribution < -0.4 is 4.90 Å². The Morgan fingerprint density at radius 1 is 1.04 bits per heavy atom. The van der Waals surface area contributed by atoms with Crippen LogP contribution in [0.5, 0.6) is 0 Å². The molecule has 28 heavy (non-hydrogen) atoms. The van der Waals surface area contributed by atoms with Gasteiger partial charge in [0.15, 0.2) is 10.9 Å². The van der Waals surface area contributed by atoms with Gasteiger partial charge in [-0.2, -0.15) is 0 Å². The zero-order valence-corrected chi connectivity index (χ0v) is 16.7. The Kier molecular flexibility index (Phi) is 5.95. The zero-order valence-electron chi connectivity index (χ0n) is 15.1. The van der Waals surface area contributed by atoms with E-state index in [2.05, 4.69) is 15.1 Å². The second-order valence-corrected chi connectivity index (χ2v) is 7.65. The van der Waals surface area contributed by atoms with Crippen LogP contribution in [0.1, 0.15) is 10.4 Å². The highest BCUT2D eigenvalue weighted by molar-refractivity contribution is 7.99. The summed E-state index contributed by atoms with van der Waals surface area (Å²) < 4.78 is 7.46. The average Bonchev–Trinajstić information content (AvgIpc) is 3.18. The largest absolute Gasteiger partial charge is 0.378 e. The molecule has 0 amide bonds. The van der Waals surface area contributed by atoms with Crippen molar-refractivity contribution in [2.75, 3.05) is 37.0 Å². The van der Waals surface area contributed by atoms with Gasteiger partial charge in [-0.05, 0) is 36.4 Å². The van der Waals surface area contributed by atoms with E-state index in [1.54, 1.807) is 24.3 Å². The number of carbonyl (C=O) groups is 1. The molecular weight excluding hydrogens is 396 g/mol. The van der Waals surface area contributed by atoms with Crippen LogP contribution >= 0.6 is 23.4 Å². The molecule has 3 aromatic rings. The van der Waals surface area contributed by atoms with E-state index in [0.29, 0.717) is 29.0 Å². The normalized spacial score (nSPS) is 14.2. The number of thioether (sulfide) groups is 1. The average molecular weight is 415 g/mol. The summed E-state index contributed by atoms with van der Waals surface area (Å²) in [4.78, 5) is 14.7. The van der Waals surface area contributed by atoms with E-state index < -0.39 is 0 Å². The summed E-state index contributed by atoms with van der Waals surface area (Å²) in [6, 6.07) is 16.9. The predicted octanol–water partition coefficient (Wildman–Crippen LogP) is 3.73. The van der Waals surface area contributed by atoms with Crippen LogP contribution in [0.15, 0.2) is 59.8 Å². The monoisotopic (exact) mass is 414 g/mol. The van der Waals surface area contributed by atoms with Crippen molar-refractivity contribution in [2.24, 2.45) is 0 Å². The molecule has 144 valence electrons. The van der Waals surface area contributed by atoms with Gasteiger partial charge in [0.05, 0.1) is 24.7 Å². The minimum atomic E-state index is 0.0252. The molecule has 0 saturated carbocycles. The SMILES string of the molecule is O=C(CSc1nnc(N2CCOCC2)n1-c1ccccc1)c1ccc(Cl)cc1. The molecular formula is C20H19ClN4O2S. The van der Waals surface area contributed by atoms with Gasteiger partial charge in [0.2, 0.25) is 5.95 Å². The fourth-order valence-electron chi connectivity index (χ4n) is 2.98. The number of ether oxygens (including phenoxy) is 1. The molecule has 0 aliphatic carbocycles. The molecule has 1 aromatic heterocycles. The van der Waals surface area contributed by atoms with Crippen LogP contribution in [0.2, 0.25) is 5.02 Å². The number of ketones is 1. The predicted molar refractivity (Wildman–Crippen MR) is 111 cm³/mol. The second-order valence-electron chi connectivity index (χ2n) is 6.27. The number of carbonyl (C=O) groups excluding carboxylic acids is 1. The van der Waals surface area contributed by atoms with Crippen molar-refractivity contribution in [1.82, 2.24) is 14.8 Å². The summed E-state index contributed by atoms with van der Waals surface area (Å²) in [7, 11) is 0. The maximum absolute atomic E-state index is 12.5. The molecule has 1 aliphatic rings. The summed E-state index contributed by atoms with van der Waals surface area (Å²) >= 11 is 7.29. The number of aromatic nitrogens is 3. The van der Waals surface area contributed by atoms with Crippen molar-refractivity contribution < 1.29 is 9.53 Å². The summed E-state index contributed by atoms with van der Waals surface area (Å²) in [5.41, 5.74) is 1.60. The van der Waals surface area contributed by atoms with E-state index in [-0.39, 0.29) is 11.5 Å². The van der Waals surface area contributed by atoms with Gasteiger partial charge >= 0.3 is 0 Å². The number of benzene rings is 2. The second kappa shape index (κ2) is 8.77. The lowest BCUT2D eigenvalue weighted by Gasteiger charge is -2.27. The molecule has 0 bridgehead atoms. The molecule has 8 heteroatoms. The molecule has 0 atom stereocenters. The third-order valence-electron chi connectivity index (χ3n) is 4.42.